The molecule has 138 valence electrons. The van der Waals surface area contributed by atoms with Crippen LogP contribution in [-0.2, 0) is 12.8 Å². The number of likely N-dealkylation sites (tertiary alicyclic amines) is 1. The van der Waals surface area contributed by atoms with E-state index in [1.807, 2.05) is 0 Å². The summed E-state index contributed by atoms with van der Waals surface area (Å²) < 4.78 is 5.76. The van der Waals surface area contributed by atoms with Crippen molar-refractivity contribution in [3.8, 4) is 16.9 Å². The molecule has 26 heavy (non-hydrogen) atoms. The molecular formula is C24H31NO. The lowest BCUT2D eigenvalue weighted by atomic mass is 9.85. The predicted octanol–water partition coefficient (Wildman–Crippen LogP) is 5.48. The highest BCUT2D eigenvalue weighted by molar-refractivity contribution is 5.66. The van der Waals surface area contributed by atoms with E-state index in [0.717, 1.165) is 17.8 Å². The molecule has 0 N–H and O–H groups in total. The molecule has 2 aromatic carbocycles. The summed E-state index contributed by atoms with van der Waals surface area (Å²) in [6.07, 6.45) is 6.71. The van der Waals surface area contributed by atoms with E-state index in [9.17, 15) is 0 Å². The van der Waals surface area contributed by atoms with Crippen LogP contribution < -0.4 is 4.74 Å². The van der Waals surface area contributed by atoms with Gasteiger partial charge in [0.15, 0.2) is 0 Å². The van der Waals surface area contributed by atoms with E-state index >= 15 is 0 Å². The van der Waals surface area contributed by atoms with E-state index in [4.69, 9.17) is 4.74 Å². The minimum Gasteiger partial charge on any atom is -0.491 e. The summed E-state index contributed by atoms with van der Waals surface area (Å²) in [4.78, 5) is 2.75. The van der Waals surface area contributed by atoms with Gasteiger partial charge < -0.3 is 4.74 Å². The number of rotatable bonds is 4. The Kier molecular flexibility index (Phi) is 5.04. The molecule has 2 unspecified atom stereocenters. The molecule has 0 bridgehead atoms. The minimum atomic E-state index is 0.218. The minimum absolute atomic E-state index is 0.218. The summed E-state index contributed by atoms with van der Waals surface area (Å²) in [6.45, 7) is 7.82. The van der Waals surface area contributed by atoms with Crippen LogP contribution >= 0.6 is 0 Å². The maximum atomic E-state index is 5.76. The Labute approximate surface area is 158 Å². The Hall–Kier alpha value is -1.80. The number of hydrogen-bond acceptors (Lipinski definition) is 2. The lowest BCUT2D eigenvalue weighted by Gasteiger charge is -2.35. The Morgan fingerprint density at radius 2 is 1.73 bits per heavy atom. The summed E-state index contributed by atoms with van der Waals surface area (Å²) in [5.74, 6) is 0.948. The fraction of sp³-hybridized carbons (Fsp3) is 0.500. The molecule has 2 heteroatoms. The molecule has 0 saturated carbocycles. The van der Waals surface area contributed by atoms with Crippen molar-refractivity contribution in [2.24, 2.45) is 0 Å². The van der Waals surface area contributed by atoms with E-state index in [1.165, 1.54) is 49.8 Å². The van der Waals surface area contributed by atoms with Crippen LogP contribution in [0.4, 0.5) is 0 Å². The van der Waals surface area contributed by atoms with Crippen molar-refractivity contribution in [3.05, 3.63) is 53.6 Å². The van der Waals surface area contributed by atoms with E-state index in [0.29, 0.717) is 0 Å². The summed E-state index contributed by atoms with van der Waals surface area (Å²) in [7, 11) is 0. The van der Waals surface area contributed by atoms with Crippen LogP contribution in [0.25, 0.3) is 11.1 Å². The molecule has 1 heterocycles. The molecule has 2 atom stereocenters. The van der Waals surface area contributed by atoms with Gasteiger partial charge in [-0.05, 0) is 93.8 Å². The quantitative estimate of drug-likeness (QED) is 0.724. The van der Waals surface area contributed by atoms with Crippen molar-refractivity contribution < 1.29 is 4.74 Å². The second-order valence-corrected chi connectivity index (χ2v) is 8.30. The normalized spacial score (nSPS) is 23.2. The lowest BCUT2D eigenvalue weighted by Crippen LogP contribution is -2.41. The van der Waals surface area contributed by atoms with Crippen LogP contribution in [0, 0.1) is 0 Å². The van der Waals surface area contributed by atoms with Gasteiger partial charge in [-0.2, -0.15) is 0 Å². The van der Waals surface area contributed by atoms with Gasteiger partial charge in [0.05, 0.1) is 6.10 Å². The van der Waals surface area contributed by atoms with E-state index in [-0.39, 0.29) is 6.10 Å². The predicted molar refractivity (Wildman–Crippen MR) is 109 cm³/mol. The zero-order valence-corrected chi connectivity index (χ0v) is 16.4. The molecule has 1 fully saturated rings. The molecule has 0 spiro atoms. The highest BCUT2D eigenvalue weighted by atomic mass is 16.5. The van der Waals surface area contributed by atoms with Crippen LogP contribution in [0.1, 0.15) is 51.2 Å². The highest BCUT2D eigenvalue weighted by Gasteiger charge is 2.30. The number of nitrogens with zero attached hydrogens (tertiary/aromatic N) is 1. The monoisotopic (exact) mass is 349 g/mol. The van der Waals surface area contributed by atoms with Crippen LogP contribution in [0.5, 0.6) is 5.75 Å². The van der Waals surface area contributed by atoms with Crippen molar-refractivity contribution in [1.29, 1.82) is 0 Å². The molecule has 0 aromatic heterocycles. The molecule has 4 rings (SSSR count). The molecule has 0 amide bonds. The molecule has 2 nitrogen and oxygen atoms in total. The first kappa shape index (κ1) is 17.6. The van der Waals surface area contributed by atoms with E-state index in [1.54, 1.807) is 11.1 Å². The number of ether oxygens (including phenoxy) is 1. The van der Waals surface area contributed by atoms with Crippen molar-refractivity contribution in [2.45, 2.75) is 71.1 Å². The third kappa shape index (κ3) is 3.66. The molecule has 1 aliphatic heterocycles. The van der Waals surface area contributed by atoms with Gasteiger partial charge in [0.2, 0.25) is 0 Å². The zero-order valence-electron chi connectivity index (χ0n) is 16.4. The lowest BCUT2D eigenvalue weighted by molar-refractivity contribution is 0.174. The van der Waals surface area contributed by atoms with Gasteiger partial charge in [0.25, 0.3) is 0 Å². The average Bonchev–Trinajstić information content (AvgIpc) is 3.07. The number of aryl methyl sites for hydroxylation is 1. The zero-order chi connectivity index (χ0) is 18.1. The molecular weight excluding hydrogens is 318 g/mol. The topological polar surface area (TPSA) is 12.5 Å². The molecule has 0 radical (unpaired) electrons. The summed E-state index contributed by atoms with van der Waals surface area (Å²) >= 11 is 0. The fourth-order valence-corrected chi connectivity index (χ4v) is 4.69. The van der Waals surface area contributed by atoms with Crippen molar-refractivity contribution in [2.75, 3.05) is 6.54 Å². The van der Waals surface area contributed by atoms with E-state index in [2.05, 4.69) is 68.1 Å². The average molecular weight is 350 g/mol. The second kappa shape index (κ2) is 7.44. The SMILES string of the molecule is CC(C)Oc1ccc(-c2ccc3c(c2)CCC(N2CCCC2C)C3)cc1. The Balaban J connectivity index is 1.50. The summed E-state index contributed by atoms with van der Waals surface area (Å²) in [5.41, 5.74) is 5.71. The third-order valence-electron chi connectivity index (χ3n) is 6.04. The molecule has 1 aliphatic carbocycles. The summed E-state index contributed by atoms with van der Waals surface area (Å²) in [5, 5.41) is 0. The maximum Gasteiger partial charge on any atom is 0.119 e. The maximum absolute atomic E-state index is 5.76. The second-order valence-electron chi connectivity index (χ2n) is 8.30. The summed E-state index contributed by atoms with van der Waals surface area (Å²) in [6, 6.07) is 17.1. The third-order valence-corrected chi connectivity index (χ3v) is 6.04. The van der Waals surface area contributed by atoms with Gasteiger partial charge in [-0.15, -0.1) is 0 Å². The van der Waals surface area contributed by atoms with Gasteiger partial charge in [0.1, 0.15) is 5.75 Å². The smallest absolute Gasteiger partial charge is 0.119 e. The number of benzene rings is 2. The Bertz CT molecular complexity index is 749. The van der Waals surface area contributed by atoms with Crippen molar-refractivity contribution in [3.63, 3.8) is 0 Å². The van der Waals surface area contributed by atoms with Gasteiger partial charge in [0, 0.05) is 12.1 Å². The first-order chi connectivity index (χ1) is 12.6. The number of fused-ring (bicyclic) bond motifs is 1. The standard InChI is InChI=1S/C24H31NO/c1-17(2)26-24-12-9-19(10-13-24)20-6-7-22-16-23(11-8-21(22)15-20)25-14-4-5-18(25)3/h6-7,9-10,12-13,15,17-18,23H,4-5,8,11,14,16H2,1-3H3. The van der Waals surface area contributed by atoms with Crippen LogP contribution in [0.3, 0.4) is 0 Å². The van der Waals surface area contributed by atoms with E-state index < -0.39 is 0 Å². The Morgan fingerprint density at radius 3 is 2.42 bits per heavy atom. The first-order valence-electron chi connectivity index (χ1n) is 10.2. The highest BCUT2D eigenvalue weighted by Crippen LogP contribution is 2.32. The van der Waals surface area contributed by atoms with Gasteiger partial charge in [-0.25, -0.2) is 0 Å². The molecule has 1 saturated heterocycles. The molecule has 2 aliphatic rings. The fourth-order valence-electron chi connectivity index (χ4n) is 4.69. The van der Waals surface area contributed by atoms with Crippen molar-refractivity contribution in [1.82, 2.24) is 4.90 Å². The van der Waals surface area contributed by atoms with Crippen molar-refractivity contribution >= 4 is 0 Å². The van der Waals surface area contributed by atoms with Crippen LogP contribution in [0.15, 0.2) is 42.5 Å². The largest absolute Gasteiger partial charge is 0.491 e. The first-order valence-corrected chi connectivity index (χ1v) is 10.2. The van der Waals surface area contributed by atoms with Crippen LogP contribution in [-0.4, -0.2) is 29.6 Å². The van der Waals surface area contributed by atoms with Crippen LogP contribution in [0.2, 0.25) is 0 Å². The van der Waals surface area contributed by atoms with Gasteiger partial charge >= 0.3 is 0 Å². The van der Waals surface area contributed by atoms with Gasteiger partial charge in [-0.3, -0.25) is 4.90 Å². The number of hydrogen-bond donors (Lipinski definition) is 0. The van der Waals surface area contributed by atoms with Gasteiger partial charge in [-0.1, -0.05) is 30.3 Å². The molecule has 2 aromatic rings. The Morgan fingerprint density at radius 1 is 0.962 bits per heavy atom.